The number of halogens is 1. The molecule has 1 aliphatic heterocycles. The number of carbonyl (C=O) groups excluding carboxylic acids is 3. The van der Waals surface area contributed by atoms with Gasteiger partial charge in [-0.15, -0.1) is 0 Å². The van der Waals surface area contributed by atoms with E-state index in [1.165, 1.54) is 11.3 Å². The van der Waals surface area contributed by atoms with Crippen molar-refractivity contribution in [1.82, 2.24) is 20.5 Å². The number of nitrogens with zero attached hydrogens (tertiary/aromatic N) is 2. The van der Waals surface area contributed by atoms with E-state index in [1.807, 2.05) is 27.7 Å². The molecule has 302 valence electrons. The average molecular weight is 789 g/mol. The second-order valence-electron chi connectivity index (χ2n) is 16.2. The van der Waals surface area contributed by atoms with Gasteiger partial charge in [-0.2, -0.15) is 0 Å². The summed E-state index contributed by atoms with van der Waals surface area (Å²) in [6.45, 7) is 8.39. The Labute approximate surface area is 326 Å². The third kappa shape index (κ3) is 8.99. The van der Waals surface area contributed by atoms with Gasteiger partial charge in [-0.3, -0.25) is 9.59 Å². The lowest BCUT2D eigenvalue weighted by atomic mass is 9.85. The predicted octanol–water partition coefficient (Wildman–Crippen LogP) is 4.60. The summed E-state index contributed by atoms with van der Waals surface area (Å²) in [5, 5.41) is 16.5. The zero-order valence-corrected chi connectivity index (χ0v) is 33.1. The highest BCUT2D eigenvalue weighted by molar-refractivity contribution is 6.36. The van der Waals surface area contributed by atoms with Crippen molar-refractivity contribution in [1.29, 1.82) is 0 Å². The zero-order valence-electron chi connectivity index (χ0n) is 32.4. The molecule has 4 fully saturated rings. The summed E-state index contributed by atoms with van der Waals surface area (Å²) in [5.74, 6) is -0.356. The molecule has 4 aliphatic rings. The first kappa shape index (κ1) is 40.6. The van der Waals surface area contributed by atoms with E-state index in [4.69, 9.17) is 40.0 Å². The number of benzene rings is 1. The third-order valence-electron chi connectivity index (χ3n) is 11.2. The Morgan fingerprint density at radius 3 is 2.29 bits per heavy atom. The van der Waals surface area contributed by atoms with Gasteiger partial charge in [0.1, 0.15) is 65.1 Å². The fourth-order valence-corrected chi connectivity index (χ4v) is 8.22. The molecule has 1 aromatic heterocycles. The van der Waals surface area contributed by atoms with E-state index < -0.39 is 53.0 Å². The number of alkyl carbamates (subject to hydrolysis) is 1. The van der Waals surface area contributed by atoms with Crippen molar-refractivity contribution in [3.8, 4) is 17.4 Å². The molecule has 3 amide bonds. The van der Waals surface area contributed by atoms with E-state index >= 15 is 0 Å². The number of nitrogens with one attached hydrogen (secondary N) is 2. The molecular formula is C39H53ClN4O11. The third-order valence-corrected chi connectivity index (χ3v) is 11.6. The lowest BCUT2D eigenvalue weighted by molar-refractivity contribution is -0.146. The highest BCUT2D eigenvalue weighted by atomic mass is 35.5. The van der Waals surface area contributed by atoms with E-state index in [9.17, 15) is 24.3 Å². The van der Waals surface area contributed by atoms with Crippen molar-refractivity contribution in [2.45, 2.75) is 96.1 Å². The van der Waals surface area contributed by atoms with E-state index in [0.717, 1.165) is 12.8 Å². The molecule has 15 nitrogen and oxygen atoms in total. The minimum Gasteiger partial charge on any atom is -0.490 e. The van der Waals surface area contributed by atoms with Gasteiger partial charge in [0.15, 0.2) is 0 Å². The Hall–Kier alpha value is -4.08. The molecular weight excluding hydrogens is 736 g/mol. The van der Waals surface area contributed by atoms with Crippen LogP contribution in [0, 0.1) is 23.2 Å². The number of carboxylic acid groups (broad SMARTS) is 1. The molecule has 6 rings (SSSR count). The van der Waals surface area contributed by atoms with Gasteiger partial charge in [0, 0.05) is 32.1 Å². The van der Waals surface area contributed by atoms with E-state index in [2.05, 4.69) is 15.6 Å². The van der Waals surface area contributed by atoms with Crippen LogP contribution in [-0.2, 0) is 28.6 Å². The van der Waals surface area contributed by atoms with Crippen molar-refractivity contribution in [3.05, 3.63) is 23.2 Å². The molecule has 1 saturated heterocycles. The Morgan fingerprint density at radius 1 is 0.982 bits per heavy atom. The number of methoxy groups -OCH3 is 2. The quantitative estimate of drug-likeness (QED) is 0.190. The van der Waals surface area contributed by atoms with Crippen LogP contribution in [0.3, 0.4) is 0 Å². The number of aliphatic carboxylic acids is 1. The Bertz CT molecular complexity index is 1760. The molecule has 3 N–H and O–H groups in total. The van der Waals surface area contributed by atoms with Crippen molar-refractivity contribution in [2.24, 2.45) is 23.2 Å². The predicted molar refractivity (Wildman–Crippen MR) is 200 cm³/mol. The minimum absolute atomic E-state index is 0.0336. The second-order valence-corrected chi connectivity index (χ2v) is 16.5. The van der Waals surface area contributed by atoms with Gasteiger partial charge in [-0.25, -0.2) is 14.6 Å². The lowest BCUT2D eigenvalue weighted by Crippen LogP contribution is -2.59. The van der Waals surface area contributed by atoms with Gasteiger partial charge in [0.25, 0.3) is 0 Å². The number of likely N-dealkylation sites (tertiary alicyclic amines) is 1. The highest BCUT2D eigenvalue weighted by Gasteiger charge is 2.61. The van der Waals surface area contributed by atoms with Crippen LogP contribution in [0.15, 0.2) is 18.2 Å². The van der Waals surface area contributed by atoms with E-state index in [0.29, 0.717) is 60.3 Å². The molecule has 0 unspecified atom stereocenters. The van der Waals surface area contributed by atoms with E-state index in [1.54, 1.807) is 32.4 Å². The largest absolute Gasteiger partial charge is 0.490 e. The van der Waals surface area contributed by atoms with Crippen molar-refractivity contribution in [2.75, 3.05) is 47.2 Å². The van der Waals surface area contributed by atoms with Crippen LogP contribution < -0.4 is 24.8 Å². The summed E-state index contributed by atoms with van der Waals surface area (Å²) >= 11 is 6.81. The van der Waals surface area contributed by atoms with Crippen molar-refractivity contribution >= 4 is 46.4 Å². The van der Waals surface area contributed by atoms with Crippen LogP contribution in [0.5, 0.6) is 17.4 Å². The average Bonchev–Trinajstić information content (AvgIpc) is 3.94. The maximum atomic E-state index is 14.6. The maximum Gasteiger partial charge on any atom is 0.408 e. The monoisotopic (exact) mass is 788 g/mol. The number of pyridine rings is 1. The second kappa shape index (κ2) is 16.6. The topological polar surface area (TPSA) is 184 Å². The summed E-state index contributed by atoms with van der Waals surface area (Å²) in [5.41, 5.74) is -1.85. The van der Waals surface area contributed by atoms with Crippen LogP contribution in [0.4, 0.5) is 4.79 Å². The SMILES string of the molecule is CC[C@@H]1C[C@]1(NC(=O)[C@@H]1C[C@@H](Oc2cc(OCCOC)nc3c(Cl)c(OCCOC)ccc23)CN1C(=O)[C@@H](NC(=O)O[C@@H]1C[C@@H]2C[C@@H]2C1)C(C)(C)C)C(=O)O. The first-order valence-corrected chi connectivity index (χ1v) is 19.4. The van der Waals surface area contributed by atoms with Gasteiger partial charge in [0.05, 0.1) is 19.8 Å². The summed E-state index contributed by atoms with van der Waals surface area (Å²) < 4.78 is 34.3. The number of ether oxygens (including phenoxy) is 6. The number of carbonyl (C=O) groups is 4. The van der Waals surface area contributed by atoms with Crippen LogP contribution in [0.1, 0.15) is 66.2 Å². The molecule has 0 radical (unpaired) electrons. The van der Waals surface area contributed by atoms with Crippen molar-refractivity contribution in [3.63, 3.8) is 0 Å². The Kier molecular flexibility index (Phi) is 12.2. The molecule has 2 heterocycles. The number of hydrogen-bond donors (Lipinski definition) is 3. The molecule has 1 aromatic carbocycles. The van der Waals surface area contributed by atoms with Gasteiger partial charge in [-0.05, 0) is 61.0 Å². The van der Waals surface area contributed by atoms with Crippen molar-refractivity contribution < 1.29 is 52.7 Å². The van der Waals surface area contributed by atoms with Crippen LogP contribution in [0.2, 0.25) is 5.02 Å². The molecule has 8 atom stereocenters. The van der Waals surface area contributed by atoms with Crippen LogP contribution in [0.25, 0.3) is 10.9 Å². The standard InChI is InChI=1S/C39H53ClN4O11/c1-7-23-19-39(23,36(47)48)43-34(45)27-17-25(20-44(27)35(46)33(38(2,3)4)42-37(49)55-24-15-21-14-22(21)16-24)54-29-18-30(53-13-11-51-6)41-32-26(29)8-9-28(31(32)40)52-12-10-50-5/h8-9,18,21-25,27,33H,7,10-17,19-20H2,1-6H3,(H,42,49)(H,43,45)(H,47,48)/t21-,22+,23-,24+,25-,27+,33-,39-/m1/s1. The van der Waals surface area contributed by atoms with Crippen LogP contribution in [-0.4, -0.2) is 116 Å². The number of aromatic nitrogens is 1. The molecule has 16 heteroatoms. The fourth-order valence-electron chi connectivity index (χ4n) is 7.96. The van der Waals surface area contributed by atoms with E-state index in [-0.39, 0.29) is 49.1 Å². The number of hydrogen-bond acceptors (Lipinski definition) is 11. The first-order valence-electron chi connectivity index (χ1n) is 19.0. The summed E-state index contributed by atoms with van der Waals surface area (Å²) in [4.78, 5) is 60.3. The smallest absolute Gasteiger partial charge is 0.408 e. The zero-order chi connectivity index (χ0) is 39.7. The first-order chi connectivity index (χ1) is 26.2. The molecule has 2 aromatic rings. The molecule has 0 spiro atoms. The Balaban J connectivity index is 1.29. The van der Waals surface area contributed by atoms with Gasteiger partial charge in [0.2, 0.25) is 17.7 Å². The normalized spacial score (nSPS) is 27.2. The molecule has 55 heavy (non-hydrogen) atoms. The summed E-state index contributed by atoms with van der Waals surface area (Å²) in [7, 11) is 3.12. The fraction of sp³-hybridized carbons (Fsp3) is 0.667. The van der Waals surface area contributed by atoms with Gasteiger partial charge < -0.3 is 49.1 Å². The van der Waals surface area contributed by atoms with Gasteiger partial charge in [-0.1, -0.05) is 45.7 Å². The molecule has 3 aliphatic carbocycles. The molecule has 0 bridgehead atoms. The Morgan fingerprint density at radius 2 is 1.67 bits per heavy atom. The lowest BCUT2D eigenvalue weighted by Gasteiger charge is -2.35. The minimum atomic E-state index is -1.41. The number of fused-ring (bicyclic) bond motifs is 2. The highest BCUT2D eigenvalue weighted by Crippen LogP contribution is 2.52. The summed E-state index contributed by atoms with van der Waals surface area (Å²) in [6, 6.07) is 2.88. The number of amides is 3. The molecule has 3 saturated carbocycles. The number of rotatable bonds is 17. The van der Waals surface area contributed by atoms with Gasteiger partial charge >= 0.3 is 12.1 Å². The van der Waals surface area contributed by atoms with Crippen LogP contribution >= 0.6 is 11.6 Å². The summed E-state index contributed by atoms with van der Waals surface area (Å²) in [6.07, 6.45) is 2.08. The number of carboxylic acids is 1. The maximum absolute atomic E-state index is 14.6.